The Morgan fingerprint density at radius 2 is 2.39 bits per heavy atom. The van der Waals surface area contributed by atoms with E-state index in [4.69, 9.17) is 0 Å². The number of nitrogens with zero attached hydrogens (tertiary/aromatic N) is 1. The van der Waals surface area contributed by atoms with Gasteiger partial charge in [-0.2, -0.15) is 11.8 Å². The lowest BCUT2D eigenvalue weighted by atomic mass is 10.2. The molecular formula is C12H20N2O2S2. The number of esters is 1. The number of methoxy groups -OCH3 is 1. The molecule has 102 valence electrons. The Bertz CT molecular complexity index is 356. The maximum Gasteiger partial charge on any atom is 0.305 e. The fourth-order valence-electron chi connectivity index (χ4n) is 1.40. The average molecular weight is 288 g/mol. The van der Waals surface area contributed by atoms with Gasteiger partial charge in [-0.05, 0) is 24.9 Å². The van der Waals surface area contributed by atoms with E-state index in [2.05, 4.69) is 21.3 Å². The van der Waals surface area contributed by atoms with E-state index in [0.717, 1.165) is 23.8 Å². The largest absolute Gasteiger partial charge is 0.469 e. The third-order valence-corrected chi connectivity index (χ3v) is 3.96. The standard InChI is InChI=1S/C12H20N2O2S2/c1-16-11(15)6-5-10-9-18-12(14-10)13-7-3-4-8-17-2/h9H,3-8H2,1-2H3,(H,13,14). The summed E-state index contributed by atoms with van der Waals surface area (Å²) in [6, 6.07) is 0. The molecule has 0 aliphatic carbocycles. The molecule has 0 aromatic carbocycles. The normalized spacial score (nSPS) is 10.3. The van der Waals surface area contributed by atoms with Crippen LogP contribution in [-0.2, 0) is 16.0 Å². The van der Waals surface area contributed by atoms with Crippen LogP contribution in [0.15, 0.2) is 5.38 Å². The smallest absolute Gasteiger partial charge is 0.305 e. The predicted octanol–water partition coefficient (Wildman–Crippen LogP) is 2.80. The molecule has 1 N–H and O–H groups in total. The number of rotatable bonds is 9. The van der Waals surface area contributed by atoms with Crippen LogP contribution in [0.4, 0.5) is 5.13 Å². The van der Waals surface area contributed by atoms with Crippen molar-refractivity contribution in [3.63, 3.8) is 0 Å². The number of ether oxygens (including phenoxy) is 1. The van der Waals surface area contributed by atoms with E-state index in [-0.39, 0.29) is 5.97 Å². The van der Waals surface area contributed by atoms with Crippen molar-refractivity contribution < 1.29 is 9.53 Å². The fourth-order valence-corrected chi connectivity index (χ4v) is 2.67. The van der Waals surface area contributed by atoms with Crippen molar-refractivity contribution in [1.29, 1.82) is 0 Å². The first-order valence-corrected chi connectivity index (χ1v) is 8.27. The highest BCUT2D eigenvalue weighted by Gasteiger charge is 2.05. The quantitative estimate of drug-likeness (QED) is 0.559. The average Bonchev–Trinajstić information content (AvgIpc) is 2.83. The lowest BCUT2D eigenvalue weighted by molar-refractivity contribution is -0.140. The monoisotopic (exact) mass is 288 g/mol. The number of thiazole rings is 1. The number of unbranched alkanes of at least 4 members (excludes halogenated alkanes) is 1. The second kappa shape index (κ2) is 9.22. The Hall–Kier alpha value is -0.750. The summed E-state index contributed by atoms with van der Waals surface area (Å²) in [5, 5.41) is 6.24. The van der Waals surface area contributed by atoms with Crippen LogP contribution in [0.1, 0.15) is 25.0 Å². The van der Waals surface area contributed by atoms with Gasteiger partial charge in [0, 0.05) is 18.3 Å². The third kappa shape index (κ3) is 6.26. The maximum absolute atomic E-state index is 11.0. The molecule has 0 aliphatic rings. The summed E-state index contributed by atoms with van der Waals surface area (Å²) in [5.74, 6) is 1.03. The number of nitrogens with one attached hydrogen (secondary N) is 1. The van der Waals surface area contributed by atoms with E-state index in [1.165, 1.54) is 19.3 Å². The van der Waals surface area contributed by atoms with Crippen molar-refractivity contribution in [1.82, 2.24) is 4.98 Å². The zero-order chi connectivity index (χ0) is 13.2. The Kier molecular flexibility index (Phi) is 7.84. The molecular weight excluding hydrogens is 268 g/mol. The number of hydrogen-bond acceptors (Lipinski definition) is 6. The summed E-state index contributed by atoms with van der Waals surface area (Å²) in [4.78, 5) is 15.4. The zero-order valence-electron chi connectivity index (χ0n) is 10.9. The fraction of sp³-hybridized carbons (Fsp3) is 0.667. The van der Waals surface area contributed by atoms with Crippen LogP contribution in [0.5, 0.6) is 0 Å². The Labute approximate surface area is 117 Å². The topological polar surface area (TPSA) is 51.2 Å². The number of thioether (sulfide) groups is 1. The summed E-state index contributed by atoms with van der Waals surface area (Å²) in [7, 11) is 1.41. The van der Waals surface area contributed by atoms with Crippen LogP contribution >= 0.6 is 23.1 Å². The van der Waals surface area contributed by atoms with Crippen LogP contribution in [-0.4, -0.2) is 36.6 Å². The van der Waals surface area contributed by atoms with E-state index in [0.29, 0.717) is 12.8 Å². The van der Waals surface area contributed by atoms with Gasteiger partial charge in [0.05, 0.1) is 19.2 Å². The first-order valence-electron chi connectivity index (χ1n) is 6.00. The molecule has 1 heterocycles. The van der Waals surface area contributed by atoms with Gasteiger partial charge in [-0.1, -0.05) is 0 Å². The number of aryl methyl sites for hydroxylation is 1. The van der Waals surface area contributed by atoms with E-state index in [1.54, 1.807) is 11.3 Å². The highest BCUT2D eigenvalue weighted by molar-refractivity contribution is 7.98. The van der Waals surface area contributed by atoms with Crippen molar-refractivity contribution in [2.45, 2.75) is 25.7 Å². The molecule has 0 fully saturated rings. The molecule has 0 radical (unpaired) electrons. The van der Waals surface area contributed by atoms with Gasteiger partial charge in [0.25, 0.3) is 0 Å². The summed E-state index contributed by atoms with van der Waals surface area (Å²) in [6.07, 6.45) is 5.57. The molecule has 0 spiro atoms. The van der Waals surface area contributed by atoms with Gasteiger partial charge >= 0.3 is 5.97 Å². The van der Waals surface area contributed by atoms with Gasteiger partial charge in [-0.25, -0.2) is 4.98 Å². The zero-order valence-corrected chi connectivity index (χ0v) is 12.5. The molecule has 0 amide bonds. The lowest BCUT2D eigenvalue weighted by Crippen LogP contribution is -2.03. The van der Waals surface area contributed by atoms with Gasteiger partial charge in [-0.15, -0.1) is 11.3 Å². The molecule has 0 atom stereocenters. The van der Waals surface area contributed by atoms with Crippen LogP contribution in [0.25, 0.3) is 0 Å². The van der Waals surface area contributed by atoms with E-state index < -0.39 is 0 Å². The van der Waals surface area contributed by atoms with Crippen LogP contribution in [0.3, 0.4) is 0 Å². The summed E-state index contributed by atoms with van der Waals surface area (Å²) < 4.78 is 4.60. The molecule has 6 heteroatoms. The van der Waals surface area contributed by atoms with Crippen molar-refractivity contribution in [3.05, 3.63) is 11.1 Å². The third-order valence-electron chi connectivity index (χ3n) is 2.42. The number of carbonyl (C=O) groups excluding carboxylic acids is 1. The van der Waals surface area contributed by atoms with Crippen molar-refractivity contribution >= 4 is 34.2 Å². The molecule has 1 aromatic heterocycles. The SMILES string of the molecule is COC(=O)CCc1csc(NCCCCSC)n1. The summed E-state index contributed by atoms with van der Waals surface area (Å²) in [5.41, 5.74) is 0.956. The lowest BCUT2D eigenvalue weighted by Gasteiger charge is -2.01. The van der Waals surface area contributed by atoms with Gasteiger partial charge in [0.2, 0.25) is 0 Å². The predicted molar refractivity (Wildman–Crippen MR) is 78.6 cm³/mol. The van der Waals surface area contributed by atoms with Crippen molar-refractivity contribution in [3.8, 4) is 0 Å². The Morgan fingerprint density at radius 1 is 1.56 bits per heavy atom. The second-order valence-corrected chi connectivity index (χ2v) is 5.69. The molecule has 18 heavy (non-hydrogen) atoms. The van der Waals surface area contributed by atoms with Gasteiger partial charge in [-0.3, -0.25) is 4.79 Å². The number of anilines is 1. The van der Waals surface area contributed by atoms with E-state index >= 15 is 0 Å². The van der Waals surface area contributed by atoms with Crippen molar-refractivity contribution in [2.75, 3.05) is 31.0 Å². The molecule has 0 bridgehead atoms. The number of carbonyl (C=O) groups is 1. The summed E-state index contributed by atoms with van der Waals surface area (Å²) in [6.45, 7) is 0.963. The minimum Gasteiger partial charge on any atom is -0.469 e. The Balaban J connectivity index is 2.19. The first-order chi connectivity index (χ1) is 8.76. The van der Waals surface area contributed by atoms with Crippen LogP contribution < -0.4 is 5.32 Å². The van der Waals surface area contributed by atoms with E-state index in [9.17, 15) is 4.79 Å². The minimum absolute atomic E-state index is 0.186. The molecule has 0 saturated heterocycles. The summed E-state index contributed by atoms with van der Waals surface area (Å²) >= 11 is 3.47. The molecule has 0 unspecified atom stereocenters. The highest BCUT2D eigenvalue weighted by atomic mass is 32.2. The van der Waals surface area contributed by atoms with Crippen molar-refractivity contribution in [2.24, 2.45) is 0 Å². The highest BCUT2D eigenvalue weighted by Crippen LogP contribution is 2.16. The molecule has 1 aromatic rings. The second-order valence-electron chi connectivity index (χ2n) is 3.85. The Morgan fingerprint density at radius 3 is 3.11 bits per heavy atom. The molecule has 0 aliphatic heterocycles. The van der Waals surface area contributed by atoms with Gasteiger partial charge in [0.15, 0.2) is 5.13 Å². The number of hydrogen-bond donors (Lipinski definition) is 1. The minimum atomic E-state index is -0.186. The van der Waals surface area contributed by atoms with Gasteiger partial charge < -0.3 is 10.1 Å². The van der Waals surface area contributed by atoms with Crippen LogP contribution in [0, 0.1) is 0 Å². The van der Waals surface area contributed by atoms with E-state index in [1.807, 2.05) is 17.1 Å². The maximum atomic E-state index is 11.0. The number of aromatic nitrogens is 1. The van der Waals surface area contributed by atoms with Gasteiger partial charge in [0.1, 0.15) is 0 Å². The molecule has 0 saturated carbocycles. The molecule has 4 nitrogen and oxygen atoms in total. The van der Waals surface area contributed by atoms with Crippen LogP contribution in [0.2, 0.25) is 0 Å². The first kappa shape index (κ1) is 15.3. The molecule has 1 rings (SSSR count).